The molecule has 0 radical (unpaired) electrons. The Morgan fingerprint density at radius 3 is 2.24 bits per heavy atom. The predicted molar refractivity (Wildman–Crippen MR) is 68.0 cm³/mol. The van der Waals surface area contributed by atoms with Crippen LogP contribution in [-0.4, -0.2) is 10.9 Å². The number of rotatable bonds is 2. The lowest BCUT2D eigenvalue weighted by molar-refractivity contribution is 0.103. The van der Waals surface area contributed by atoms with Crippen molar-refractivity contribution < 1.29 is 9.90 Å². The summed E-state index contributed by atoms with van der Waals surface area (Å²) in [4.78, 5) is 12.0. The van der Waals surface area contributed by atoms with E-state index in [0.29, 0.717) is 11.1 Å². The standard InChI is InChI=1S/C13H8Cl2O2/c14-10-6-9(7-11(16)12(10)15)13(17)8-4-2-1-3-5-8/h1-7,16H. The zero-order valence-corrected chi connectivity index (χ0v) is 10.2. The fourth-order valence-electron chi connectivity index (χ4n) is 1.46. The first kappa shape index (κ1) is 12.0. The minimum atomic E-state index is -0.209. The molecule has 2 aromatic rings. The molecule has 2 aromatic carbocycles. The van der Waals surface area contributed by atoms with Gasteiger partial charge in [0, 0.05) is 11.1 Å². The van der Waals surface area contributed by atoms with Gasteiger partial charge in [0.2, 0.25) is 0 Å². The van der Waals surface area contributed by atoms with Gasteiger partial charge < -0.3 is 5.11 Å². The molecule has 0 heterocycles. The van der Waals surface area contributed by atoms with Gasteiger partial charge in [-0.25, -0.2) is 0 Å². The molecule has 0 amide bonds. The normalized spacial score (nSPS) is 10.2. The first-order valence-electron chi connectivity index (χ1n) is 4.87. The third kappa shape index (κ3) is 2.43. The van der Waals surface area contributed by atoms with E-state index in [1.54, 1.807) is 24.3 Å². The monoisotopic (exact) mass is 266 g/mol. The molecular weight excluding hydrogens is 259 g/mol. The smallest absolute Gasteiger partial charge is 0.193 e. The highest BCUT2D eigenvalue weighted by molar-refractivity contribution is 6.43. The van der Waals surface area contributed by atoms with E-state index in [9.17, 15) is 9.90 Å². The Balaban J connectivity index is 2.45. The average Bonchev–Trinajstić information content (AvgIpc) is 2.35. The van der Waals surface area contributed by atoms with E-state index in [-0.39, 0.29) is 21.6 Å². The lowest BCUT2D eigenvalue weighted by Crippen LogP contribution is -2.00. The molecule has 17 heavy (non-hydrogen) atoms. The van der Waals surface area contributed by atoms with Crippen molar-refractivity contribution in [1.29, 1.82) is 0 Å². The lowest BCUT2D eigenvalue weighted by Gasteiger charge is -2.05. The van der Waals surface area contributed by atoms with Crippen molar-refractivity contribution >= 4 is 29.0 Å². The van der Waals surface area contributed by atoms with Gasteiger partial charge in [0.1, 0.15) is 10.8 Å². The quantitative estimate of drug-likeness (QED) is 0.837. The van der Waals surface area contributed by atoms with Gasteiger partial charge in [0.05, 0.1) is 5.02 Å². The molecule has 0 spiro atoms. The summed E-state index contributed by atoms with van der Waals surface area (Å²) in [5.41, 5.74) is 0.841. The summed E-state index contributed by atoms with van der Waals surface area (Å²) in [7, 11) is 0. The van der Waals surface area contributed by atoms with Gasteiger partial charge >= 0.3 is 0 Å². The SMILES string of the molecule is O=C(c1ccccc1)c1cc(O)c(Cl)c(Cl)c1. The van der Waals surface area contributed by atoms with Gasteiger partial charge in [0.15, 0.2) is 5.78 Å². The summed E-state index contributed by atoms with van der Waals surface area (Å²) in [6.45, 7) is 0. The van der Waals surface area contributed by atoms with Gasteiger partial charge in [-0.05, 0) is 12.1 Å². The largest absolute Gasteiger partial charge is 0.506 e. The Morgan fingerprint density at radius 1 is 1.00 bits per heavy atom. The Kier molecular flexibility index (Phi) is 3.36. The van der Waals surface area contributed by atoms with Crippen LogP contribution in [0.3, 0.4) is 0 Å². The third-order valence-corrected chi connectivity index (χ3v) is 3.10. The number of hydrogen-bond donors (Lipinski definition) is 1. The van der Waals surface area contributed by atoms with Crippen LogP contribution < -0.4 is 0 Å². The van der Waals surface area contributed by atoms with Gasteiger partial charge in [0.25, 0.3) is 0 Å². The fourth-order valence-corrected chi connectivity index (χ4v) is 1.79. The summed E-state index contributed by atoms with van der Waals surface area (Å²) in [6, 6.07) is 11.5. The van der Waals surface area contributed by atoms with Crippen LogP contribution in [0.4, 0.5) is 0 Å². The maximum absolute atomic E-state index is 12.0. The molecule has 0 atom stereocenters. The second-order valence-electron chi connectivity index (χ2n) is 3.49. The van der Waals surface area contributed by atoms with Gasteiger partial charge in [-0.1, -0.05) is 53.5 Å². The average molecular weight is 267 g/mol. The van der Waals surface area contributed by atoms with Crippen LogP contribution in [0.5, 0.6) is 5.75 Å². The first-order valence-corrected chi connectivity index (χ1v) is 5.63. The number of phenolic OH excluding ortho intramolecular Hbond substituents is 1. The number of carbonyl (C=O) groups excluding carboxylic acids is 1. The highest BCUT2D eigenvalue weighted by Crippen LogP contribution is 2.32. The molecule has 0 fully saturated rings. The summed E-state index contributed by atoms with van der Waals surface area (Å²) >= 11 is 11.5. The third-order valence-electron chi connectivity index (χ3n) is 2.31. The zero-order valence-electron chi connectivity index (χ0n) is 8.65. The Bertz CT molecular complexity index is 542. The lowest BCUT2D eigenvalue weighted by atomic mass is 10.0. The van der Waals surface area contributed by atoms with E-state index in [1.807, 2.05) is 6.07 Å². The van der Waals surface area contributed by atoms with E-state index in [4.69, 9.17) is 23.2 Å². The van der Waals surface area contributed by atoms with Crippen LogP contribution in [-0.2, 0) is 0 Å². The highest BCUT2D eigenvalue weighted by atomic mass is 35.5. The van der Waals surface area contributed by atoms with Crippen LogP contribution in [0.2, 0.25) is 10.0 Å². The second-order valence-corrected chi connectivity index (χ2v) is 4.27. The summed E-state index contributed by atoms with van der Waals surface area (Å²) in [6.07, 6.45) is 0. The molecule has 4 heteroatoms. The van der Waals surface area contributed by atoms with E-state index >= 15 is 0 Å². The molecule has 0 aliphatic rings. The number of carbonyl (C=O) groups is 1. The number of aromatic hydroxyl groups is 1. The molecule has 0 aliphatic heterocycles. The first-order chi connectivity index (χ1) is 8.09. The predicted octanol–water partition coefficient (Wildman–Crippen LogP) is 3.93. The van der Waals surface area contributed by atoms with Crippen molar-refractivity contribution in [2.75, 3.05) is 0 Å². The van der Waals surface area contributed by atoms with Crippen molar-refractivity contribution in [2.45, 2.75) is 0 Å². The molecule has 86 valence electrons. The zero-order chi connectivity index (χ0) is 12.4. The molecule has 0 saturated heterocycles. The minimum absolute atomic E-state index is 0.0521. The molecule has 0 aromatic heterocycles. The number of ketones is 1. The Hall–Kier alpha value is -1.51. The van der Waals surface area contributed by atoms with E-state index in [2.05, 4.69) is 0 Å². The molecule has 0 unspecified atom stereocenters. The molecule has 0 bridgehead atoms. The number of hydrogen-bond acceptors (Lipinski definition) is 2. The van der Waals surface area contributed by atoms with Crippen LogP contribution in [0.25, 0.3) is 0 Å². The molecule has 1 N–H and O–H groups in total. The van der Waals surface area contributed by atoms with Crippen molar-refractivity contribution in [1.82, 2.24) is 0 Å². The summed E-state index contributed by atoms with van der Waals surface area (Å²) in [5.74, 6) is -0.405. The summed E-state index contributed by atoms with van der Waals surface area (Å²) in [5, 5.41) is 9.72. The Labute approximate surface area is 108 Å². The molecule has 2 rings (SSSR count). The van der Waals surface area contributed by atoms with Crippen LogP contribution in [0, 0.1) is 0 Å². The molecule has 0 aliphatic carbocycles. The van der Waals surface area contributed by atoms with Crippen LogP contribution in [0.1, 0.15) is 15.9 Å². The van der Waals surface area contributed by atoms with E-state index < -0.39 is 0 Å². The van der Waals surface area contributed by atoms with Crippen molar-refractivity contribution in [2.24, 2.45) is 0 Å². The van der Waals surface area contributed by atoms with Crippen LogP contribution in [0.15, 0.2) is 42.5 Å². The van der Waals surface area contributed by atoms with Gasteiger partial charge in [-0.15, -0.1) is 0 Å². The van der Waals surface area contributed by atoms with Crippen molar-refractivity contribution in [3.05, 3.63) is 63.6 Å². The maximum atomic E-state index is 12.0. The van der Waals surface area contributed by atoms with Crippen LogP contribution >= 0.6 is 23.2 Å². The van der Waals surface area contributed by atoms with Crippen molar-refractivity contribution in [3.8, 4) is 5.75 Å². The highest BCUT2D eigenvalue weighted by Gasteiger charge is 2.13. The molecular formula is C13H8Cl2O2. The minimum Gasteiger partial charge on any atom is -0.506 e. The maximum Gasteiger partial charge on any atom is 0.193 e. The number of halogens is 2. The Morgan fingerprint density at radius 2 is 1.65 bits per heavy atom. The fraction of sp³-hybridized carbons (Fsp3) is 0. The number of benzene rings is 2. The van der Waals surface area contributed by atoms with Gasteiger partial charge in [-0.2, -0.15) is 0 Å². The number of phenols is 1. The second kappa shape index (κ2) is 4.78. The molecule has 0 saturated carbocycles. The topological polar surface area (TPSA) is 37.3 Å². The van der Waals surface area contributed by atoms with E-state index in [1.165, 1.54) is 12.1 Å². The summed E-state index contributed by atoms with van der Waals surface area (Å²) < 4.78 is 0. The molecule has 2 nitrogen and oxygen atoms in total. The van der Waals surface area contributed by atoms with Gasteiger partial charge in [-0.3, -0.25) is 4.79 Å². The van der Waals surface area contributed by atoms with E-state index in [0.717, 1.165) is 0 Å². The van der Waals surface area contributed by atoms with Crippen molar-refractivity contribution in [3.63, 3.8) is 0 Å².